The summed E-state index contributed by atoms with van der Waals surface area (Å²) in [5.74, 6) is -2.19. The van der Waals surface area contributed by atoms with Gasteiger partial charge in [-0.3, -0.25) is 4.79 Å². The molecule has 0 unspecified atom stereocenters. The van der Waals surface area contributed by atoms with Gasteiger partial charge in [-0.1, -0.05) is 12.1 Å². The smallest absolute Gasteiger partial charge is 0.258 e. The van der Waals surface area contributed by atoms with Gasteiger partial charge in [-0.15, -0.1) is 0 Å². The van der Waals surface area contributed by atoms with Gasteiger partial charge in [-0.05, 0) is 57.2 Å². The Balaban J connectivity index is 1.73. The minimum atomic E-state index is -0.877. The zero-order valence-corrected chi connectivity index (χ0v) is 14.1. The van der Waals surface area contributed by atoms with E-state index in [0.717, 1.165) is 43.8 Å². The van der Waals surface area contributed by atoms with Gasteiger partial charge in [0.15, 0.2) is 0 Å². The predicted molar refractivity (Wildman–Crippen MR) is 94.9 cm³/mol. The number of para-hydroxylation sites is 2. The van der Waals surface area contributed by atoms with E-state index in [1.807, 2.05) is 12.1 Å². The number of anilines is 2. The number of hydrogen-bond donors (Lipinski definition) is 2. The summed E-state index contributed by atoms with van der Waals surface area (Å²) in [5.41, 5.74) is 1.19. The maximum Gasteiger partial charge on any atom is 0.258 e. The fourth-order valence-corrected chi connectivity index (χ4v) is 2.95. The van der Waals surface area contributed by atoms with Gasteiger partial charge in [0.25, 0.3) is 5.91 Å². The van der Waals surface area contributed by atoms with Crippen LogP contribution >= 0.6 is 0 Å². The largest absolute Gasteiger partial charge is 0.381 e. The molecule has 0 saturated carbocycles. The predicted octanol–water partition coefficient (Wildman–Crippen LogP) is 3.72. The van der Waals surface area contributed by atoms with Crippen molar-refractivity contribution in [2.75, 3.05) is 30.8 Å². The molecule has 1 heterocycles. The van der Waals surface area contributed by atoms with Crippen molar-refractivity contribution in [3.63, 3.8) is 0 Å². The molecule has 4 nitrogen and oxygen atoms in total. The van der Waals surface area contributed by atoms with Crippen LogP contribution in [0.1, 0.15) is 23.2 Å². The van der Waals surface area contributed by atoms with E-state index in [0.29, 0.717) is 17.8 Å². The fraction of sp³-hybridized carbons (Fsp3) is 0.316. The highest BCUT2D eigenvalue weighted by molar-refractivity contribution is 6.06. The normalized spacial score (nSPS) is 15.8. The highest BCUT2D eigenvalue weighted by atomic mass is 19.1. The van der Waals surface area contributed by atoms with Crippen molar-refractivity contribution < 1.29 is 13.6 Å². The first kappa shape index (κ1) is 17.4. The Morgan fingerprint density at radius 2 is 1.76 bits per heavy atom. The standard InChI is InChI=1S/C19H21F2N3O/c1-24-10-8-14(9-11-24)22-17-4-2-3-5-18(17)23-19(25)15-7-6-13(20)12-16(15)21/h2-7,12,14,22H,8-11H2,1H3,(H,23,25). The third kappa shape index (κ3) is 4.33. The number of piperidine rings is 1. The molecule has 0 aromatic heterocycles. The lowest BCUT2D eigenvalue weighted by atomic mass is 10.0. The van der Waals surface area contributed by atoms with Crippen LogP contribution in [-0.2, 0) is 0 Å². The number of hydrogen-bond acceptors (Lipinski definition) is 3. The third-order valence-electron chi connectivity index (χ3n) is 4.43. The number of nitrogens with one attached hydrogen (secondary N) is 2. The van der Waals surface area contributed by atoms with E-state index in [2.05, 4.69) is 22.6 Å². The number of benzene rings is 2. The molecule has 2 N–H and O–H groups in total. The Morgan fingerprint density at radius 3 is 2.44 bits per heavy atom. The maximum absolute atomic E-state index is 13.8. The average Bonchev–Trinajstić information content (AvgIpc) is 2.58. The van der Waals surface area contributed by atoms with E-state index in [4.69, 9.17) is 0 Å². The first-order chi connectivity index (χ1) is 12.0. The van der Waals surface area contributed by atoms with Crippen molar-refractivity contribution in [1.82, 2.24) is 4.90 Å². The Morgan fingerprint density at radius 1 is 1.08 bits per heavy atom. The minimum absolute atomic E-state index is 0.185. The number of carbonyl (C=O) groups is 1. The molecular formula is C19H21F2N3O. The van der Waals surface area contributed by atoms with Crippen molar-refractivity contribution in [3.8, 4) is 0 Å². The molecule has 1 amide bonds. The molecule has 0 radical (unpaired) electrons. The van der Waals surface area contributed by atoms with Gasteiger partial charge in [0.1, 0.15) is 11.6 Å². The summed E-state index contributed by atoms with van der Waals surface area (Å²) in [6.45, 7) is 2.04. The lowest BCUT2D eigenvalue weighted by Gasteiger charge is -2.30. The zero-order chi connectivity index (χ0) is 17.8. The van der Waals surface area contributed by atoms with Crippen molar-refractivity contribution in [2.45, 2.75) is 18.9 Å². The summed E-state index contributed by atoms with van der Waals surface area (Å²) in [5, 5.41) is 6.17. The molecule has 2 aromatic carbocycles. The van der Waals surface area contributed by atoms with Crippen LogP contribution in [0, 0.1) is 11.6 Å². The number of likely N-dealkylation sites (tertiary alicyclic amines) is 1. The number of nitrogens with zero attached hydrogens (tertiary/aromatic N) is 1. The molecule has 0 bridgehead atoms. The van der Waals surface area contributed by atoms with Crippen LogP contribution in [0.3, 0.4) is 0 Å². The highest BCUT2D eigenvalue weighted by Gasteiger charge is 2.18. The highest BCUT2D eigenvalue weighted by Crippen LogP contribution is 2.25. The van der Waals surface area contributed by atoms with Gasteiger partial charge in [0, 0.05) is 12.1 Å². The summed E-state index contributed by atoms with van der Waals surface area (Å²) in [6.07, 6.45) is 2.04. The zero-order valence-electron chi connectivity index (χ0n) is 14.1. The lowest BCUT2D eigenvalue weighted by Crippen LogP contribution is -2.36. The van der Waals surface area contributed by atoms with Gasteiger partial charge in [-0.2, -0.15) is 0 Å². The number of amides is 1. The third-order valence-corrected chi connectivity index (χ3v) is 4.43. The molecule has 25 heavy (non-hydrogen) atoms. The monoisotopic (exact) mass is 345 g/mol. The second kappa shape index (κ2) is 7.61. The van der Waals surface area contributed by atoms with E-state index < -0.39 is 17.5 Å². The molecule has 0 spiro atoms. The molecule has 1 aliphatic rings. The summed E-state index contributed by atoms with van der Waals surface area (Å²) < 4.78 is 26.8. The van der Waals surface area contributed by atoms with Gasteiger partial charge >= 0.3 is 0 Å². The van der Waals surface area contributed by atoms with E-state index in [1.165, 1.54) is 0 Å². The minimum Gasteiger partial charge on any atom is -0.381 e. The van der Waals surface area contributed by atoms with E-state index >= 15 is 0 Å². The quantitative estimate of drug-likeness (QED) is 0.888. The van der Waals surface area contributed by atoms with Crippen LogP contribution in [0.2, 0.25) is 0 Å². The Hall–Kier alpha value is -2.47. The molecule has 3 rings (SSSR count). The lowest BCUT2D eigenvalue weighted by molar-refractivity contribution is 0.102. The number of rotatable bonds is 4. The van der Waals surface area contributed by atoms with E-state index in [-0.39, 0.29) is 5.56 Å². The molecule has 1 fully saturated rings. The van der Waals surface area contributed by atoms with Crippen LogP contribution in [-0.4, -0.2) is 37.0 Å². The Bertz CT molecular complexity index is 758. The summed E-state index contributed by atoms with van der Waals surface area (Å²) >= 11 is 0. The molecule has 0 aliphatic carbocycles. The Labute approximate surface area is 145 Å². The molecular weight excluding hydrogens is 324 g/mol. The second-order valence-electron chi connectivity index (χ2n) is 6.35. The first-order valence-electron chi connectivity index (χ1n) is 8.33. The fourth-order valence-electron chi connectivity index (χ4n) is 2.95. The first-order valence-corrected chi connectivity index (χ1v) is 8.33. The van der Waals surface area contributed by atoms with Crippen molar-refractivity contribution >= 4 is 17.3 Å². The van der Waals surface area contributed by atoms with E-state index in [9.17, 15) is 13.6 Å². The molecule has 1 aliphatic heterocycles. The molecule has 1 saturated heterocycles. The molecule has 2 aromatic rings. The maximum atomic E-state index is 13.8. The van der Waals surface area contributed by atoms with Crippen LogP contribution in [0.25, 0.3) is 0 Å². The molecule has 132 valence electrons. The van der Waals surface area contributed by atoms with Gasteiger partial charge in [0.05, 0.1) is 16.9 Å². The van der Waals surface area contributed by atoms with Crippen molar-refractivity contribution in [3.05, 3.63) is 59.7 Å². The van der Waals surface area contributed by atoms with Crippen molar-refractivity contribution in [1.29, 1.82) is 0 Å². The van der Waals surface area contributed by atoms with Crippen LogP contribution in [0.5, 0.6) is 0 Å². The summed E-state index contributed by atoms with van der Waals surface area (Å²) in [7, 11) is 2.10. The summed E-state index contributed by atoms with van der Waals surface area (Å²) in [6, 6.07) is 10.6. The van der Waals surface area contributed by atoms with Gasteiger partial charge in [-0.25, -0.2) is 8.78 Å². The average molecular weight is 345 g/mol. The number of halogens is 2. The molecule has 0 atom stereocenters. The summed E-state index contributed by atoms with van der Waals surface area (Å²) in [4.78, 5) is 14.6. The van der Waals surface area contributed by atoms with Crippen molar-refractivity contribution in [2.24, 2.45) is 0 Å². The van der Waals surface area contributed by atoms with E-state index in [1.54, 1.807) is 12.1 Å². The topological polar surface area (TPSA) is 44.4 Å². The van der Waals surface area contributed by atoms with Crippen LogP contribution in [0.4, 0.5) is 20.2 Å². The molecule has 6 heteroatoms. The number of carbonyl (C=O) groups excluding carboxylic acids is 1. The van der Waals surface area contributed by atoms with Crippen LogP contribution < -0.4 is 10.6 Å². The van der Waals surface area contributed by atoms with Gasteiger partial charge < -0.3 is 15.5 Å². The van der Waals surface area contributed by atoms with Crippen LogP contribution in [0.15, 0.2) is 42.5 Å². The van der Waals surface area contributed by atoms with Gasteiger partial charge in [0.2, 0.25) is 0 Å². The SMILES string of the molecule is CN1CCC(Nc2ccccc2NC(=O)c2ccc(F)cc2F)CC1. The Kier molecular flexibility index (Phi) is 5.28. The second-order valence-corrected chi connectivity index (χ2v) is 6.35.